The normalized spacial score (nSPS) is 21.5. The molecular formula is C28H41N5O4. The molecule has 3 N–H and O–H groups in total. The summed E-state index contributed by atoms with van der Waals surface area (Å²) in [4.78, 5) is 43.8. The maximum absolute atomic E-state index is 14.0. The number of carbonyl (C=O) groups excluding carboxylic acids is 3. The lowest BCUT2D eigenvalue weighted by molar-refractivity contribution is -0.148. The number of likely N-dealkylation sites (N-methyl/N-ethyl adjacent to an activating group) is 1. The number of nitrogens with two attached hydrogens (primary N) is 1. The van der Waals surface area contributed by atoms with Crippen molar-refractivity contribution >= 4 is 28.6 Å². The van der Waals surface area contributed by atoms with Gasteiger partial charge < -0.3 is 30.2 Å². The average molecular weight is 512 g/mol. The van der Waals surface area contributed by atoms with E-state index in [0.717, 1.165) is 48.8 Å². The molecule has 2 fully saturated rings. The van der Waals surface area contributed by atoms with Crippen molar-refractivity contribution in [2.75, 3.05) is 33.8 Å². The van der Waals surface area contributed by atoms with Crippen LogP contribution in [0, 0.1) is 11.8 Å². The summed E-state index contributed by atoms with van der Waals surface area (Å²) in [5.74, 6) is -0.290. The largest absolute Gasteiger partial charge is 0.497 e. The van der Waals surface area contributed by atoms with E-state index < -0.39 is 17.4 Å². The number of hydrogen-bond acceptors (Lipinski definition) is 5. The highest BCUT2D eigenvalue weighted by molar-refractivity contribution is 5.99. The van der Waals surface area contributed by atoms with Gasteiger partial charge in [-0.2, -0.15) is 0 Å². The fraction of sp³-hybridized carbons (Fsp3) is 0.607. The first kappa shape index (κ1) is 27.0. The number of benzene rings is 1. The van der Waals surface area contributed by atoms with Crippen LogP contribution in [0.5, 0.6) is 5.75 Å². The minimum absolute atomic E-state index is 0.0433. The second-order valence-electron chi connectivity index (χ2n) is 10.8. The number of amides is 3. The van der Waals surface area contributed by atoms with E-state index in [1.807, 2.05) is 52.6 Å². The Labute approximate surface area is 219 Å². The summed E-state index contributed by atoms with van der Waals surface area (Å²) < 4.78 is 7.24. The number of nitrogens with one attached hydrogen (secondary N) is 1. The number of piperazine rings is 1. The molecule has 9 heteroatoms. The third-order valence-electron chi connectivity index (χ3n) is 8.71. The van der Waals surface area contributed by atoms with Crippen LogP contribution >= 0.6 is 0 Å². The Bertz CT molecular complexity index is 1170. The topological polar surface area (TPSA) is 110 Å². The number of primary amides is 1. The fourth-order valence-corrected chi connectivity index (χ4v) is 6.26. The number of ether oxygens (including phenoxy) is 1. The molecule has 1 saturated heterocycles. The Balaban J connectivity index is 1.54. The molecule has 2 aliphatic rings. The first-order valence-corrected chi connectivity index (χ1v) is 13.3. The van der Waals surface area contributed by atoms with E-state index in [1.165, 1.54) is 0 Å². The lowest BCUT2D eigenvalue weighted by Crippen LogP contribution is -2.65. The minimum Gasteiger partial charge on any atom is -0.497 e. The van der Waals surface area contributed by atoms with Crippen LogP contribution in [0.1, 0.15) is 56.4 Å². The van der Waals surface area contributed by atoms with Crippen LogP contribution in [-0.2, 0) is 16.6 Å². The van der Waals surface area contributed by atoms with Crippen molar-refractivity contribution in [2.24, 2.45) is 24.6 Å². The van der Waals surface area contributed by atoms with Crippen molar-refractivity contribution in [3.05, 3.63) is 30.0 Å². The number of nitrogens with zero attached hydrogens (tertiary/aromatic N) is 3. The van der Waals surface area contributed by atoms with Crippen molar-refractivity contribution in [1.82, 2.24) is 19.7 Å². The van der Waals surface area contributed by atoms with Gasteiger partial charge in [-0.15, -0.1) is 0 Å². The van der Waals surface area contributed by atoms with Crippen LogP contribution in [0.4, 0.5) is 0 Å². The minimum atomic E-state index is -1.13. The van der Waals surface area contributed by atoms with Gasteiger partial charge >= 0.3 is 0 Å². The molecule has 2 heterocycles. The Hall–Kier alpha value is -3.07. The van der Waals surface area contributed by atoms with Crippen molar-refractivity contribution in [2.45, 2.75) is 57.5 Å². The van der Waals surface area contributed by atoms with Gasteiger partial charge in [-0.3, -0.25) is 14.4 Å². The number of fused-ring (bicyclic) bond motifs is 1. The average Bonchev–Trinajstić information content (AvgIpc) is 3.24. The van der Waals surface area contributed by atoms with Gasteiger partial charge in [-0.1, -0.05) is 19.3 Å². The summed E-state index contributed by atoms with van der Waals surface area (Å²) in [6, 6.07) is 7.51. The zero-order valence-electron chi connectivity index (χ0n) is 22.8. The predicted octanol–water partition coefficient (Wildman–Crippen LogP) is 2.52. The molecule has 9 nitrogen and oxygen atoms in total. The first-order chi connectivity index (χ1) is 17.6. The third-order valence-corrected chi connectivity index (χ3v) is 8.71. The molecule has 0 radical (unpaired) electrons. The summed E-state index contributed by atoms with van der Waals surface area (Å²) in [5.41, 5.74) is 6.24. The van der Waals surface area contributed by atoms with E-state index in [-0.39, 0.29) is 23.8 Å². The number of aromatic nitrogens is 1. The van der Waals surface area contributed by atoms with Gasteiger partial charge in [0.2, 0.25) is 11.8 Å². The maximum atomic E-state index is 14.0. The zero-order chi connectivity index (χ0) is 26.9. The van der Waals surface area contributed by atoms with Crippen LogP contribution in [0.3, 0.4) is 0 Å². The van der Waals surface area contributed by atoms with E-state index in [2.05, 4.69) is 5.32 Å². The summed E-state index contributed by atoms with van der Waals surface area (Å²) in [6.07, 6.45) is 5.11. The van der Waals surface area contributed by atoms with Gasteiger partial charge in [-0.05, 0) is 57.9 Å². The lowest BCUT2D eigenvalue weighted by atomic mass is 9.69. The van der Waals surface area contributed by atoms with Crippen molar-refractivity contribution in [1.29, 1.82) is 0 Å². The second-order valence-corrected chi connectivity index (χ2v) is 10.8. The summed E-state index contributed by atoms with van der Waals surface area (Å²) in [5, 5.41) is 4.06. The molecule has 1 unspecified atom stereocenters. The highest BCUT2D eigenvalue weighted by Crippen LogP contribution is 2.37. The quantitative estimate of drug-likeness (QED) is 0.594. The molecule has 0 spiro atoms. The van der Waals surface area contributed by atoms with E-state index in [0.29, 0.717) is 25.3 Å². The molecule has 1 aromatic heterocycles. The number of carbonyl (C=O) groups is 3. The Morgan fingerprint density at radius 1 is 1.14 bits per heavy atom. The van der Waals surface area contributed by atoms with Crippen LogP contribution in [-0.4, -0.2) is 77.5 Å². The van der Waals surface area contributed by atoms with Gasteiger partial charge in [0.1, 0.15) is 17.0 Å². The van der Waals surface area contributed by atoms with Gasteiger partial charge in [-0.25, -0.2) is 0 Å². The second kappa shape index (κ2) is 10.7. The smallest absolute Gasteiger partial charge is 0.270 e. The molecule has 3 amide bonds. The van der Waals surface area contributed by atoms with Crippen molar-refractivity contribution in [3.8, 4) is 5.75 Å². The molecule has 0 bridgehead atoms. The highest BCUT2D eigenvalue weighted by atomic mass is 16.5. The van der Waals surface area contributed by atoms with Crippen LogP contribution < -0.4 is 15.8 Å². The summed E-state index contributed by atoms with van der Waals surface area (Å²) in [6.45, 7) is 5.01. The summed E-state index contributed by atoms with van der Waals surface area (Å²) >= 11 is 0. The number of methoxy groups -OCH3 is 1. The van der Waals surface area contributed by atoms with Gasteiger partial charge in [0.15, 0.2) is 0 Å². The molecule has 2 aromatic rings. The molecule has 3 atom stereocenters. The third kappa shape index (κ3) is 4.93. The first-order valence-electron chi connectivity index (χ1n) is 13.3. The Morgan fingerprint density at radius 2 is 1.84 bits per heavy atom. The number of hydrogen-bond donors (Lipinski definition) is 2. The number of rotatable bonds is 7. The molecule has 1 aliphatic carbocycles. The zero-order valence-corrected chi connectivity index (χ0v) is 22.8. The molecule has 37 heavy (non-hydrogen) atoms. The Morgan fingerprint density at radius 3 is 2.43 bits per heavy atom. The number of aryl methyl sites for hydroxylation is 1. The maximum Gasteiger partial charge on any atom is 0.270 e. The standard InChI is InChI=1S/C28H41N5O4/c1-18-17-32(26(35)24(19-9-7-6-8-10-19)28(2,30-3)27(29)36)13-14-33(18)25(34)23-15-20-11-12-21(37-5)16-22(20)31(23)4/h11-12,15-16,18-19,24,30H,6-10,13-14,17H2,1-5H3,(H2,29,36)/t18-,24+,28?/m0/s1. The summed E-state index contributed by atoms with van der Waals surface area (Å²) in [7, 11) is 5.21. The van der Waals surface area contributed by atoms with Crippen molar-refractivity contribution in [3.63, 3.8) is 0 Å². The van der Waals surface area contributed by atoms with Crippen LogP contribution in [0.25, 0.3) is 10.9 Å². The molecule has 1 aliphatic heterocycles. The Kier molecular flexibility index (Phi) is 7.83. The van der Waals surface area contributed by atoms with Crippen molar-refractivity contribution < 1.29 is 19.1 Å². The van der Waals surface area contributed by atoms with E-state index >= 15 is 0 Å². The monoisotopic (exact) mass is 511 g/mol. The molecule has 202 valence electrons. The van der Waals surface area contributed by atoms with E-state index in [4.69, 9.17) is 10.5 Å². The molecular weight excluding hydrogens is 470 g/mol. The SMILES string of the molecule is CNC(C)(C(N)=O)[C@@H](C(=O)N1CCN(C(=O)c2cc3ccc(OC)cc3n2C)[C@@H](C)C1)C1CCCCC1. The van der Waals surface area contributed by atoms with E-state index in [9.17, 15) is 14.4 Å². The van der Waals surface area contributed by atoms with Gasteiger partial charge in [0.25, 0.3) is 5.91 Å². The van der Waals surface area contributed by atoms with Gasteiger partial charge in [0, 0.05) is 44.2 Å². The highest BCUT2D eigenvalue weighted by Gasteiger charge is 2.49. The predicted molar refractivity (Wildman–Crippen MR) is 143 cm³/mol. The van der Waals surface area contributed by atoms with Crippen LogP contribution in [0.15, 0.2) is 24.3 Å². The van der Waals surface area contributed by atoms with Gasteiger partial charge in [0.05, 0.1) is 18.5 Å². The van der Waals surface area contributed by atoms with Crippen LogP contribution in [0.2, 0.25) is 0 Å². The fourth-order valence-electron chi connectivity index (χ4n) is 6.26. The molecule has 1 saturated carbocycles. The van der Waals surface area contributed by atoms with E-state index in [1.54, 1.807) is 21.1 Å². The lowest BCUT2D eigenvalue weighted by Gasteiger charge is -2.46. The molecule has 4 rings (SSSR count). The molecule has 1 aromatic carbocycles.